The summed E-state index contributed by atoms with van der Waals surface area (Å²) in [5.41, 5.74) is 11.3. The lowest BCUT2D eigenvalue weighted by Gasteiger charge is -2.37. The molecule has 3 rings (SSSR count). The van der Waals surface area contributed by atoms with Crippen LogP contribution in [0.5, 0.6) is 0 Å². The molecule has 3 aliphatic rings. The second-order valence-electron chi connectivity index (χ2n) is 11.4. The van der Waals surface area contributed by atoms with Gasteiger partial charge in [0.1, 0.15) is 5.78 Å². The molecule has 4 N–H and O–H groups in total. The van der Waals surface area contributed by atoms with Crippen molar-refractivity contribution >= 4 is 5.78 Å². The van der Waals surface area contributed by atoms with Gasteiger partial charge in [-0.1, -0.05) is 41.5 Å². The van der Waals surface area contributed by atoms with Crippen LogP contribution in [0.4, 0.5) is 0 Å². The van der Waals surface area contributed by atoms with E-state index in [1.165, 1.54) is 6.42 Å². The quantitative estimate of drug-likeness (QED) is 0.556. The Morgan fingerprint density at radius 2 is 1.20 bits per heavy atom. The van der Waals surface area contributed by atoms with E-state index >= 15 is 0 Å². The second kappa shape index (κ2) is 19.1. The molecule has 3 fully saturated rings. The zero-order valence-electron chi connectivity index (χ0n) is 23.6. The Hall–Kier alpha value is -1.04. The number of nitrogens with zero attached hydrogens (tertiary/aromatic N) is 1. The van der Waals surface area contributed by atoms with Gasteiger partial charge >= 0.3 is 0 Å². The van der Waals surface area contributed by atoms with E-state index in [1.807, 2.05) is 13.8 Å². The fourth-order valence-corrected chi connectivity index (χ4v) is 4.67. The third kappa shape index (κ3) is 17.1. The number of nitrogens with two attached hydrogens (primary N) is 2. The zero-order chi connectivity index (χ0) is 26.7. The van der Waals surface area contributed by atoms with Crippen LogP contribution in [0.1, 0.15) is 92.9 Å². The van der Waals surface area contributed by atoms with Crippen LogP contribution in [0.3, 0.4) is 0 Å². The van der Waals surface area contributed by atoms with Crippen LogP contribution in [0.2, 0.25) is 0 Å². The summed E-state index contributed by atoms with van der Waals surface area (Å²) in [6.45, 7) is 18.2. The Morgan fingerprint density at radius 1 is 0.800 bits per heavy atom. The number of nitriles is 1. The highest BCUT2D eigenvalue weighted by Gasteiger charge is 2.33. The van der Waals surface area contributed by atoms with Crippen molar-refractivity contribution in [2.24, 2.45) is 34.1 Å². The standard InChI is InChI=1S/C10H21NO.C10H17NO.C5H8O2.C3H9N/c2*1-9(2)7-10(8-11)3-5-12-6-4-10;6-5-1-3-7-4-2-5;1-3(2)4/h9H,3-8,11H2,1-2H3;9H,3-7H2,1-2H3;1-4H2;3H,4H2,1-2H3. The Labute approximate surface area is 215 Å². The first-order chi connectivity index (χ1) is 16.5. The first-order valence-corrected chi connectivity index (χ1v) is 13.6. The number of hydrogen-bond donors (Lipinski definition) is 2. The summed E-state index contributed by atoms with van der Waals surface area (Å²) in [4.78, 5) is 10.4. The first-order valence-electron chi connectivity index (χ1n) is 13.6. The van der Waals surface area contributed by atoms with Gasteiger partial charge in [-0.05, 0) is 68.4 Å². The van der Waals surface area contributed by atoms with E-state index in [9.17, 15) is 4.79 Å². The van der Waals surface area contributed by atoms with Gasteiger partial charge in [-0.15, -0.1) is 0 Å². The van der Waals surface area contributed by atoms with Crippen LogP contribution < -0.4 is 11.5 Å². The maximum atomic E-state index is 10.4. The molecule has 3 heterocycles. The molecule has 35 heavy (non-hydrogen) atoms. The third-order valence-corrected chi connectivity index (χ3v) is 6.36. The van der Waals surface area contributed by atoms with Crippen molar-refractivity contribution in [1.29, 1.82) is 5.26 Å². The van der Waals surface area contributed by atoms with Gasteiger partial charge in [0.2, 0.25) is 0 Å². The molecular weight excluding hydrogens is 442 g/mol. The van der Waals surface area contributed by atoms with Crippen LogP contribution in [0, 0.1) is 34.0 Å². The van der Waals surface area contributed by atoms with Crippen LogP contribution in [0.15, 0.2) is 0 Å². The van der Waals surface area contributed by atoms with Gasteiger partial charge in [-0.2, -0.15) is 5.26 Å². The minimum absolute atomic E-state index is 0.0770. The van der Waals surface area contributed by atoms with Gasteiger partial charge in [0, 0.05) is 39.3 Å². The molecule has 0 aromatic heterocycles. The molecule has 0 unspecified atom stereocenters. The van der Waals surface area contributed by atoms with Crippen molar-refractivity contribution < 1.29 is 19.0 Å². The Kier molecular flexibility index (Phi) is 18.6. The summed E-state index contributed by atoms with van der Waals surface area (Å²) in [5.74, 6) is 1.71. The van der Waals surface area contributed by atoms with Gasteiger partial charge in [-0.25, -0.2) is 0 Å². The van der Waals surface area contributed by atoms with Crippen LogP contribution >= 0.6 is 0 Å². The SMILES string of the molecule is CC(C)CC1(C#N)CCOCC1.CC(C)CC1(CN)CCOCC1.CC(C)N.O=C1CCOCC1. The number of ketones is 1. The fourth-order valence-electron chi connectivity index (χ4n) is 4.67. The average molecular weight is 498 g/mol. The molecule has 0 bridgehead atoms. The normalized spacial score (nSPS) is 21.0. The fraction of sp³-hybridized carbons (Fsp3) is 0.929. The zero-order valence-corrected chi connectivity index (χ0v) is 23.6. The molecule has 7 nitrogen and oxygen atoms in total. The highest BCUT2D eigenvalue weighted by molar-refractivity contribution is 5.79. The monoisotopic (exact) mass is 497 g/mol. The number of carbonyl (C=O) groups excluding carboxylic acids is 1. The third-order valence-electron chi connectivity index (χ3n) is 6.36. The topological polar surface area (TPSA) is 121 Å². The van der Waals surface area contributed by atoms with Crippen molar-refractivity contribution in [3.05, 3.63) is 0 Å². The van der Waals surface area contributed by atoms with Gasteiger partial charge in [0.25, 0.3) is 0 Å². The highest BCUT2D eigenvalue weighted by atomic mass is 16.5. The summed E-state index contributed by atoms with van der Waals surface area (Å²) < 4.78 is 15.5. The smallest absolute Gasteiger partial charge is 0.137 e. The molecule has 0 atom stereocenters. The van der Waals surface area contributed by atoms with E-state index in [2.05, 4.69) is 33.8 Å². The van der Waals surface area contributed by atoms with Crippen LogP contribution in [-0.2, 0) is 19.0 Å². The summed E-state index contributed by atoms with van der Waals surface area (Å²) in [6, 6.07) is 2.80. The Morgan fingerprint density at radius 3 is 1.51 bits per heavy atom. The number of Topliss-reactive ketones (excluding diaryl/α,β-unsaturated/α-hetero) is 1. The molecule has 0 amide bonds. The largest absolute Gasteiger partial charge is 0.381 e. The number of hydrogen-bond acceptors (Lipinski definition) is 7. The predicted molar refractivity (Wildman–Crippen MR) is 143 cm³/mol. The Bertz CT molecular complexity index is 564. The van der Waals surface area contributed by atoms with Crippen LogP contribution in [0.25, 0.3) is 0 Å². The summed E-state index contributed by atoms with van der Waals surface area (Å²) >= 11 is 0. The van der Waals surface area contributed by atoms with E-state index in [-0.39, 0.29) is 5.41 Å². The van der Waals surface area contributed by atoms with E-state index < -0.39 is 0 Å². The lowest BCUT2D eigenvalue weighted by atomic mass is 9.74. The lowest BCUT2D eigenvalue weighted by Crippen LogP contribution is -2.37. The van der Waals surface area contributed by atoms with E-state index in [1.54, 1.807) is 0 Å². The number of ether oxygens (including phenoxy) is 3. The second-order valence-corrected chi connectivity index (χ2v) is 11.4. The molecule has 0 aromatic carbocycles. The van der Waals surface area contributed by atoms with Gasteiger partial charge < -0.3 is 25.7 Å². The van der Waals surface area contributed by atoms with Crippen molar-refractivity contribution in [3.63, 3.8) is 0 Å². The molecular formula is C28H55N3O4. The highest BCUT2D eigenvalue weighted by Crippen LogP contribution is 2.36. The van der Waals surface area contributed by atoms with Gasteiger partial charge in [-0.3, -0.25) is 4.79 Å². The van der Waals surface area contributed by atoms with Gasteiger partial charge in [0.05, 0.1) is 24.7 Å². The van der Waals surface area contributed by atoms with Gasteiger partial charge in [0.15, 0.2) is 0 Å². The van der Waals surface area contributed by atoms with Crippen molar-refractivity contribution in [2.45, 2.75) is 99.0 Å². The molecule has 0 aromatic rings. The minimum Gasteiger partial charge on any atom is -0.381 e. The van der Waals surface area contributed by atoms with Crippen LogP contribution in [-0.4, -0.2) is 58.0 Å². The number of carbonyl (C=O) groups is 1. The first kappa shape index (κ1) is 34.0. The lowest BCUT2D eigenvalue weighted by molar-refractivity contribution is -0.124. The summed E-state index contributed by atoms with van der Waals surface area (Å²) in [6.07, 6.45) is 7.67. The van der Waals surface area contributed by atoms with E-state index in [0.29, 0.717) is 49.2 Å². The summed E-state index contributed by atoms with van der Waals surface area (Å²) in [7, 11) is 0. The molecule has 3 saturated heterocycles. The maximum absolute atomic E-state index is 10.4. The Balaban J connectivity index is 0.000000473. The number of rotatable bonds is 5. The van der Waals surface area contributed by atoms with E-state index in [4.69, 9.17) is 30.9 Å². The van der Waals surface area contributed by atoms with Crippen molar-refractivity contribution in [2.75, 3.05) is 46.2 Å². The molecule has 0 saturated carbocycles. The molecule has 206 valence electrons. The van der Waals surface area contributed by atoms with Crippen molar-refractivity contribution in [3.8, 4) is 6.07 Å². The molecule has 0 radical (unpaired) electrons. The average Bonchev–Trinajstić information content (AvgIpc) is 2.80. The minimum atomic E-state index is -0.0770. The molecule has 0 spiro atoms. The summed E-state index contributed by atoms with van der Waals surface area (Å²) in [5, 5.41) is 9.08. The van der Waals surface area contributed by atoms with Crippen molar-refractivity contribution in [1.82, 2.24) is 0 Å². The molecule has 3 aliphatic heterocycles. The maximum Gasteiger partial charge on any atom is 0.137 e. The molecule has 0 aliphatic carbocycles. The molecule has 7 heteroatoms. The van der Waals surface area contributed by atoms with E-state index in [0.717, 1.165) is 71.0 Å². The predicted octanol–water partition coefficient (Wildman–Crippen LogP) is 4.86.